The van der Waals surface area contributed by atoms with Gasteiger partial charge in [0.2, 0.25) is 0 Å². The zero-order valence-electron chi connectivity index (χ0n) is 14.6. The SMILES string of the molecule is Cc1ccc(-n2nc(CN(C)C(=O)O)cc2Sc2ccc(Cl)nc2)c(F)c1. The molecule has 0 unspecified atom stereocenters. The Hall–Kier alpha value is -2.58. The fraction of sp³-hybridized carbons (Fsp3) is 0.167. The minimum Gasteiger partial charge on any atom is -0.465 e. The van der Waals surface area contributed by atoms with E-state index in [0.717, 1.165) is 15.4 Å². The van der Waals surface area contributed by atoms with Crippen LogP contribution < -0.4 is 0 Å². The molecule has 3 aromatic rings. The largest absolute Gasteiger partial charge is 0.465 e. The molecule has 0 atom stereocenters. The van der Waals surface area contributed by atoms with Gasteiger partial charge in [-0.1, -0.05) is 29.4 Å². The number of aromatic nitrogens is 3. The van der Waals surface area contributed by atoms with Crippen molar-refractivity contribution in [3.8, 4) is 5.69 Å². The third-order valence-electron chi connectivity index (χ3n) is 3.71. The van der Waals surface area contributed by atoms with Gasteiger partial charge in [0.15, 0.2) is 0 Å². The molecule has 0 aliphatic rings. The average molecular weight is 407 g/mol. The minimum atomic E-state index is -1.07. The molecule has 0 fully saturated rings. The predicted octanol–water partition coefficient (Wildman–Crippen LogP) is 4.63. The lowest BCUT2D eigenvalue weighted by Crippen LogP contribution is -2.24. The molecule has 0 aliphatic heterocycles. The standard InChI is InChI=1S/C18H16ClFN4O2S/c1-11-3-5-15(14(20)7-11)24-17(27-13-4-6-16(19)21-9-13)8-12(22-24)10-23(2)18(25)26/h3-9H,10H2,1-2H3,(H,25,26). The third kappa shape index (κ3) is 4.58. The normalized spacial score (nSPS) is 10.8. The Bertz CT molecular complexity index is 978. The second-order valence-corrected chi connectivity index (χ2v) is 7.38. The molecule has 27 heavy (non-hydrogen) atoms. The molecule has 2 aromatic heterocycles. The van der Waals surface area contributed by atoms with Crippen LogP contribution in [0.4, 0.5) is 9.18 Å². The number of halogens is 2. The van der Waals surface area contributed by atoms with E-state index >= 15 is 0 Å². The van der Waals surface area contributed by atoms with Gasteiger partial charge in [-0.05, 0) is 42.8 Å². The molecular weight excluding hydrogens is 391 g/mol. The van der Waals surface area contributed by atoms with Crippen molar-refractivity contribution >= 4 is 29.5 Å². The van der Waals surface area contributed by atoms with Crippen LogP contribution in [0.2, 0.25) is 5.15 Å². The third-order valence-corrected chi connectivity index (χ3v) is 4.91. The van der Waals surface area contributed by atoms with Crippen molar-refractivity contribution in [2.45, 2.75) is 23.4 Å². The van der Waals surface area contributed by atoms with Crippen LogP contribution in [0, 0.1) is 12.7 Å². The zero-order valence-corrected chi connectivity index (χ0v) is 16.1. The Morgan fingerprint density at radius 2 is 2.11 bits per heavy atom. The summed E-state index contributed by atoms with van der Waals surface area (Å²) in [5, 5.41) is 14.5. The van der Waals surface area contributed by atoms with E-state index in [2.05, 4.69) is 10.1 Å². The van der Waals surface area contributed by atoms with Gasteiger partial charge in [-0.15, -0.1) is 0 Å². The lowest BCUT2D eigenvalue weighted by molar-refractivity contribution is 0.153. The summed E-state index contributed by atoms with van der Waals surface area (Å²) in [5.41, 5.74) is 1.59. The zero-order chi connectivity index (χ0) is 19.6. The smallest absolute Gasteiger partial charge is 0.407 e. The summed E-state index contributed by atoms with van der Waals surface area (Å²) in [6.45, 7) is 1.89. The van der Waals surface area contributed by atoms with Gasteiger partial charge in [-0.3, -0.25) is 0 Å². The van der Waals surface area contributed by atoms with E-state index in [1.54, 1.807) is 43.5 Å². The highest BCUT2D eigenvalue weighted by molar-refractivity contribution is 7.99. The number of rotatable bonds is 5. The maximum absolute atomic E-state index is 14.5. The molecule has 1 N–H and O–H groups in total. The van der Waals surface area contributed by atoms with Crippen LogP contribution in [0.5, 0.6) is 0 Å². The van der Waals surface area contributed by atoms with Crippen LogP contribution in [0.3, 0.4) is 0 Å². The number of hydrogen-bond donors (Lipinski definition) is 1. The van der Waals surface area contributed by atoms with Crippen LogP contribution in [-0.4, -0.2) is 37.9 Å². The van der Waals surface area contributed by atoms with Gasteiger partial charge in [0.25, 0.3) is 0 Å². The first-order chi connectivity index (χ1) is 12.8. The monoisotopic (exact) mass is 406 g/mol. The lowest BCUT2D eigenvalue weighted by atomic mass is 10.2. The first kappa shape index (κ1) is 19.2. The molecule has 0 aliphatic carbocycles. The second kappa shape index (κ2) is 7.98. The van der Waals surface area contributed by atoms with Gasteiger partial charge >= 0.3 is 6.09 Å². The lowest BCUT2D eigenvalue weighted by Gasteiger charge is -2.10. The molecule has 0 saturated carbocycles. The van der Waals surface area contributed by atoms with Crippen molar-refractivity contribution in [3.63, 3.8) is 0 Å². The molecule has 0 radical (unpaired) electrons. The fourth-order valence-electron chi connectivity index (χ4n) is 2.37. The van der Waals surface area contributed by atoms with Gasteiger partial charge in [-0.2, -0.15) is 5.10 Å². The molecule has 0 saturated heterocycles. The molecular formula is C18H16ClFN4O2S. The quantitative estimate of drug-likeness (QED) is 0.625. The topological polar surface area (TPSA) is 71.2 Å². The van der Waals surface area contributed by atoms with Crippen molar-refractivity contribution < 1.29 is 14.3 Å². The maximum atomic E-state index is 14.5. The summed E-state index contributed by atoms with van der Waals surface area (Å²) in [6, 6.07) is 10.1. The van der Waals surface area contributed by atoms with Crippen molar-refractivity contribution in [1.82, 2.24) is 19.7 Å². The van der Waals surface area contributed by atoms with Crippen molar-refractivity contribution in [1.29, 1.82) is 0 Å². The van der Waals surface area contributed by atoms with Gasteiger partial charge < -0.3 is 10.0 Å². The fourth-order valence-corrected chi connectivity index (χ4v) is 3.39. The molecule has 2 heterocycles. The predicted molar refractivity (Wildman–Crippen MR) is 101 cm³/mol. The summed E-state index contributed by atoms with van der Waals surface area (Å²) in [4.78, 5) is 17.0. The molecule has 1 aromatic carbocycles. The highest BCUT2D eigenvalue weighted by Gasteiger charge is 2.17. The summed E-state index contributed by atoms with van der Waals surface area (Å²) in [7, 11) is 1.45. The Morgan fingerprint density at radius 3 is 2.74 bits per heavy atom. The molecule has 0 bridgehead atoms. The van der Waals surface area contributed by atoms with E-state index in [4.69, 9.17) is 16.7 Å². The van der Waals surface area contributed by atoms with Crippen molar-refractivity contribution in [2.75, 3.05) is 7.05 Å². The number of carbonyl (C=O) groups is 1. The van der Waals surface area contributed by atoms with Crippen molar-refractivity contribution in [2.24, 2.45) is 0 Å². The average Bonchev–Trinajstić information content (AvgIpc) is 2.99. The van der Waals surface area contributed by atoms with Gasteiger partial charge in [0.1, 0.15) is 21.7 Å². The van der Waals surface area contributed by atoms with Gasteiger partial charge in [0.05, 0.1) is 12.2 Å². The first-order valence-electron chi connectivity index (χ1n) is 7.92. The Kier molecular flexibility index (Phi) is 5.67. The van der Waals surface area contributed by atoms with Crippen molar-refractivity contribution in [3.05, 3.63) is 64.8 Å². The Balaban J connectivity index is 2.01. The number of amides is 1. The van der Waals surface area contributed by atoms with E-state index in [0.29, 0.717) is 15.9 Å². The van der Waals surface area contributed by atoms with Gasteiger partial charge in [-0.25, -0.2) is 18.9 Å². The summed E-state index contributed by atoms with van der Waals surface area (Å²) in [5.74, 6) is -0.410. The number of hydrogen-bond acceptors (Lipinski definition) is 4. The Labute approximate surface area is 164 Å². The number of pyridine rings is 1. The second-order valence-electron chi connectivity index (χ2n) is 5.90. The molecule has 0 spiro atoms. The molecule has 6 nitrogen and oxygen atoms in total. The van der Waals surface area contributed by atoms with Gasteiger partial charge in [0, 0.05) is 18.1 Å². The number of aryl methyl sites for hydroxylation is 1. The molecule has 9 heteroatoms. The molecule has 3 rings (SSSR count). The summed E-state index contributed by atoms with van der Waals surface area (Å²) in [6.07, 6.45) is 0.543. The van der Waals surface area contributed by atoms with E-state index < -0.39 is 11.9 Å². The Morgan fingerprint density at radius 1 is 1.33 bits per heavy atom. The summed E-state index contributed by atoms with van der Waals surface area (Å²) < 4.78 is 16.0. The van der Waals surface area contributed by atoms with Crippen LogP contribution in [0.1, 0.15) is 11.3 Å². The van der Waals surface area contributed by atoms with E-state index in [-0.39, 0.29) is 12.2 Å². The van der Waals surface area contributed by atoms with Crippen LogP contribution in [0.15, 0.2) is 52.5 Å². The number of carboxylic acid groups (broad SMARTS) is 1. The number of nitrogens with zero attached hydrogens (tertiary/aromatic N) is 4. The van der Waals surface area contributed by atoms with Crippen LogP contribution in [0.25, 0.3) is 5.69 Å². The van der Waals surface area contributed by atoms with Crippen LogP contribution in [-0.2, 0) is 6.54 Å². The first-order valence-corrected chi connectivity index (χ1v) is 9.12. The number of benzene rings is 1. The maximum Gasteiger partial charge on any atom is 0.407 e. The van der Waals surface area contributed by atoms with E-state index in [1.807, 2.05) is 0 Å². The highest BCUT2D eigenvalue weighted by atomic mass is 35.5. The molecule has 140 valence electrons. The highest BCUT2D eigenvalue weighted by Crippen LogP contribution is 2.31. The van der Waals surface area contributed by atoms with E-state index in [9.17, 15) is 9.18 Å². The summed E-state index contributed by atoms with van der Waals surface area (Å²) >= 11 is 7.15. The molecule has 1 amide bonds. The van der Waals surface area contributed by atoms with E-state index in [1.165, 1.54) is 29.6 Å². The minimum absolute atomic E-state index is 0.0856. The van der Waals surface area contributed by atoms with Crippen LogP contribution >= 0.6 is 23.4 Å².